The number of rotatable bonds is 32. The van der Waals surface area contributed by atoms with E-state index in [2.05, 4.69) is 13.8 Å². The van der Waals surface area contributed by atoms with Crippen molar-refractivity contribution >= 4 is 10.4 Å². The first-order valence-corrected chi connectivity index (χ1v) is 21.4. The Hall–Kier alpha value is -0.290. The second-order valence-electron chi connectivity index (χ2n) is 14.4. The van der Waals surface area contributed by atoms with Gasteiger partial charge >= 0.3 is 0 Å². The molecule has 8 nitrogen and oxygen atoms in total. The largest absolute Gasteiger partial charge is 0.759 e. The fourth-order valence-corrected chi connectivity index (χ4v) is 5.61. The molecule has 2 N–H and O–H groups in total. The molecule has 0 aliphatic carbocycles. The standard InChI is InChI=1S/2C19H42NO.H2O4S/c2*1-4-6-7-8-9-10-11-12-13-14-15-16-17-18-19-20(3,21)5-2;1-5(2,3)4/h2*21H,4-19H2,1-3H3;(H2,1,2,3,4)/q2*+1;/p-2. The smallest absolute Gasteiger partial charge is 0.108 e. The zero-order valence-corrected chi connectivity index (χ0v) is 33.3. The average Bonchev–Trinajstić information content (AvgIpc) is 3.01. The van der Waals surface area contributed by atoms with E-state index < -0.39 is 10.4 Å². The minimum atomic E-state index is -5.17. The van der Waals surface area contributed by atoms with Crippen molar-refractivity contribution in [1.29, 1.82) is 0 Å². The maximum absolute atomic E-state index is 9.85. The van der Waals surface area contributed by atoms with Gasteiger partial charge in [-0.3, -0.25) is 8.42 Å². The van der Waals surface area contributed by atoms with Gasteiger partial charge in [0.25, 0.3) is 0 Å². The van der Waals surface area contributed by atoms with Crippen LogP contribution in [0.3, 0.4) is 0 Å². The van der Waals surface area contributed by atoms with Crippen molar-refractivity contribution in [2.45, 2.75) is 207 Å². The van der Waals surface area contributed by atoms with Gasteiger partial charge in [0.1, 0.15) is 26.2 Å². The highest BCUT2D eigenvalue weighted by atomic mass is 32.3. The summed E-state index contributed by atoms with van der Waals surface area (Å²) in [6.45, 7) is 12.1. The van der Waals surface area contributed by atoms with Crippen molar-refractivity contribution in [3.63, 3.8) is 0 Å². The normalized spacial score (nSPS) is 14.0. The Kier molecular flexibility index (Phi) is 40.2. The molecule has 2 atom stereocenters. The third-order valence-electron chi connectivity index (χ3n) is 9.35. The average molecular weight is 697 g/mol. The molecule has 0 aliphatic heterocycles. The molecule has 47 heavy (non-hydrogen) atoms. The van der Waals surface area contributed by atoms with Gasteiger partial charge in [0.05, 0.1) is 14.1 Å². The molecule has 0 radical (unpaired) electrons. The van der Waals surface area contributed by atoms with E-state index in [-0.39, 0.29) is 9.29 Å². The number of nitrogens with zero attached hydrogens (tertiary/aromatic N) is 2. The van der Waals surface area contributed by atoms with Crippen LogP contribution in [0.2, 0.25) is 0 Å². The Morgan fingerprint density at radius 3 is 0.681 bits per heavy atom. The molecule has 0 fully saturated rings. The van der Waals surface area contributed by atoms with E-state index in [1.165, 1.54) is 180 Å². The minimum absolute atomic E-state index is 0.193. The summed E-state index contributed by atoms with van der Waals surface area (Å²) < 4.78 is 34.5. The quantitative estimate of drug-likeness (QED) is 0.0237. The lowest BCUT2D eigenvalue weighted by Crippen LogP contribution is -2.40. The third kappa shape index (κ3) is 55.4. The van der Waals surface area contributed by atoms with E-state index in [0.717, 1.165) is 26.2 Å². The molecule has 0 aromatic heterocycles. The van der Waals surface area contributed by atoms with E-state index in [4.69, 9.17) is 17.5 Å². The number of quaternary nitrogens is 2. The molecule has 9 heteroatoms. The Morgan fingerprint density at radius 2 is 0.532 bits per heavy atom. The molecular weight excluding hydrogens is 612 g/mol. The molecule has 0 aliphatic rings. The highest BCUT2D eigenvalue weighted by molar-refractivity contribution is 7.79. The van der Waals surface area contributed by atoms with Crippen LogP contribution in [-0.2, 0) is 10.4 Å². The molecule has 0 amide bonds. The van der Waals surface area contributed by atoms with Gasteiger partial charge in [0, 0.05) is 10.4 Å². The molecule has 0 rings (SSSR count). The summed E-state index contributed by atoms with van der Waals surface area (Å²) in [5, 5.41) is 19.7. The topological polar surface area (TPSA) is 121 Å². The molecule has 0 aromatic carbocycles. The zero-order valence-electron chi connectivity index (χ0n) is 32.5. The van der Waals surface area contributed by atoms with Crippen LogP contribution in [0.25, 0.3) is 0 Å². The molecule has 0 bridgehead atoms. The molecule has 0 saturated heterocycles. The lowest BCUT2D eigenvalue weighted by Gasteiger charge is -2.23. The van der Waals surface area contributed by atoms with Gasteiger partial charge < -0.3 is 9.11 Å². The molecule has 0 heterocycles. The zero-order chi connectivity index (χ0) is 36.1. The third-order valence-corrected chi connectivity index (χ3v) is 9.35. The lowest BCUT2D eigenvalue weighted by atomic mass is 10.0. The highest BCUT2D eigenvalue weighted by Crippen LogP contribution is 2.15. The van der Waals surface area contributed by atoms with Gasteiger partial charge in [-0.2, -0.15) is 9.29 Å². The summed E-state index contributed by atoms with van der Waals surface area (Å²) in [4.78, 5) is 0. The number of hydroxylamine groups is 6. The summed E-state index contributed by atoms with van der Waals surface area (Å²) in [5.41, 5.74) is 0. The van der Waals surface area contributed by atoms with Crippen LogP contribution in [0.5, 0.6) is 0 Å². The second-order valence-corrected chi connectivity index (χ2v) is 15.2. The molecule has 0 aromatic rings. The maximum Gasteiger partial charge on any atom is 0.108 e. The Labute approximate surface area is 294 Å². The summed E-state index contributed by atoms with van der Waals surface area (Å²) >= 11 is 0. The summed E-state index contributed by atoms with van der Waals surface area (Å²) in [5.74, 6) is 0. The van der Waals surface area contributed by atoms with E-state index in [1.807, 2.05) is 27.9 Å². The summed E-state index contributed by atoms with van der Waals surface area (Å²) in [6.07, 6.45) is 39.0. The van der Waals surface area contributed by atoms with Gasteiger partial charge in [-0.25, -0.2) is 10.4 Å². The molecule has 2 unspecified atom stereocenters. The van der Waals surface area contributed by atoms with Crippen LogP contribution in [0.1, 0.15) is 207 Å². The van der Waals surface area contributed by atoms with Crippen molar-refractivity contribution < 1.29 is 37.2 Å². The van der Waals surface area contributed by atoms with Crippen molar-refractivity contribution in [2.24, 2.45) is 0 Å². The Balaban J connectivity index is -0.000000719. The molecule has 0 saturated carbocycles. The number of hydrogen-bond donors (Lipinski definition) is 2. The first kappa shape index (κ1) is 51.1. The van der Waals surface area contributed by atoms with Crippen molar-refractivity contribution in [2.75, 3.05) is 40.3 Å². The Morgan fingerprint density at radius 1 is 0.383 bits per heavy atom. The molecule has 0 spiro atoms. The lowest BCUT2D eigenvalue weighted by molar-refractivity contribution is -1.09. The number of unbranched alkanes of at least 4 members (excludes halogenated alkanes) is 26. The minimum Gasteiger partial charge on any atom is -0.759 e. The summed E-state index contributed by atoms with van der Waals surface area (Å²) in [6, 6.07) is 0. The fourth-order valence-electron chi connectivity index (χ4n) is 5.61. The van der Waals surface area contributed by atoms with E-state index in [0.29, 0.717) is 0 Å². The van der Waals surface area contributed by atoms with E-state index in [9.17, 15) is 10.4 Å². The van der Waals surface area contributed by atoms with E-state index in [1.54, 1.807) is 0 Å². The maximum atomic E-state index is 9.85. The molecular formula is C38H84N2O6S. The van der Waals surface area contributed by atoms with Crippen LogP contribution in [0.15, 0.2) is 0 Å². The molecule has 288 valence electrons. The van der Waals surface area contributed by atoms with Crippen molar-refractivity contribution in [3.8, 4) is 0 Å². The van der Waals surface area contributed by atoms with Crippen molar-refractivity contribution in [1.82, 2.24) is 0 Å². The van der Waals surface area contributed by atoms with Gasteiger partial charge in [0.15, 0.2) is 0 Å². The fraction of sp³-hybridized carbons (Fsp3) is 1.00. The first-order valence-electron chi connectivity index (χ1n) is 20.1. The van der Waals surface area contributed by atoms with Crippen LogP contribution in [0.4, 0.5) is 0 Å². The van der Waals surface area contributed by atoms with Crippen LogP contribution in [-0.4, -0.2) is 77.5 Å². The van der Waals surface area contributed by atoms with Gasteiger partial charge in [-0.1, -0.05) is 168 Å². The highest BCUT2D eigenvalue weighted by Gasteiger charge is 2.14. The first-order chi connectivity index (χ1) is 22.2. The monoisotopic (exact) mass is 697 g/mol. The van der Waals surface area contributed by atoms with Crippen LogP contribution >= 0.6 is 0 Å². The van der Waals surface area contributed by atoms with Gasteiger partial charge in [-0.05, 0) is 39.5 Å². The number of hydrogen-bond acceptors (Lipinski definition) is 6. The van der Waals surface area contributed by atoms with Crippen molar-refractivity contribution in [3.05, 3.63) is 0 Å². The van der Waals surface area contributed by atoms with Gasteiger partial charge in [-0.15, -0.1) is 0 Å². The second kappa shape index (κ2) is 37.0. The SMILES string of the molecule is CCCCCCCCCCCCCCCC[N+](C)(O)CC.CCCCCCCCCCCCCCCC[N+](C)(O)CC.O=S(=O)([O-])[O-]. The predicted octanol–water partition coefficient (Wildman–Crippen LogP) is 11.3. The summed E-state index contributed by atoms with van der Waals surface area (Å²) in [7, 11) is -1.36. The predicted molar refractivity (Wildman–Crippen MR) is 198 cm³/mol. The Bertz CT molecular complexity index is 652. The van der Waals surface area contributed by atoms with E-state index >= 15 is 0 Å². The van der Waals surface area contributed by atoms with Gasteiger partial charge in [0.2, 0.25) is 0 Å². The van der Waals surface area contributed by atoms with Crippen LogP contribution in [0, 0.1) is 0 Å². The van der Waals surface area contributed by atoms with Crippen LogP contribution < -0.4 is 0 Å².